The van der Waals surface area contributed by atoms with Crippen molar-refractivity contribution in [2.45, 2.75) is 12.3 Å². The molecule has 0 saturated carbocycles. The van der Waals surface area contributed by atoms with E-state index in [1.807, 2.05) is 23.5 Å². The Kier molecular flexibility index (Phi) is 8.55. The molecule has 2 heterocycles. The van der Waals surface area contributed by atoms with Crippen molar-refractivity contribution in [3.05, 3.63) is 211 Å². The second kappa shape index (κ2) is 14.3. The van der Waals surface area contributed by atoms with Crippen molar-refractivity contribution in [3.8, 4) is 56.2 Å². The van der Waals surface area contributed by atoms with Crippen LogP contribution in [0.15, 0.2) is 200 Å². The van der Waals surface area contributed by atoms with Crippen LogP contribution in [0.3, 0.4) is 0 Å². The summed E-state index contributed by atoms with van der Waals surface area (Å²) >= 11 is 1.82. The number of hydrogen-bond donors (Lipinski definition) is 0. The fourth-order valence-electron chi connectivity index (χ4n) is 7.85. The maximum absolute atomic E-state index is 5.20. The Labute approximate surface area is 325 Å². The SMILES string of the molecule is C1=CC(c2cccc(-c3ccc(-c4ccc5sc6cccc(-c7nc(-c8ccccc8)cc(-c8ccccc8)n7)c6c5c4)cc3)c2)CC(c2ccccc2)=C1. The summed E-state index contributed by atoms with van der Waals surface area (Å²) in [7, 11) is 0. The summed E-state index contributed by atoms with van der Waals surface area (Å²) in [6.45, 7) is 0. The highest BCUT2D eigenvalue weighted by Crippen LogP contribution is 2.42. The monoisotopic (exact) mass is 720 g/mol. The number of hydrogen-bond acceptors (Lipinski definition) is 3. The Morgan fingerprint density at radius 2 is 1.04 bits per heavy atom. The van der Waals surface area contributed by atoms with Crippen molar-refractivity contribution in [2.75, 3.05) is 0 Å². The lowest BCUT2D eigenvalue weighted by atomic mass is 9.84. The molecule has 0 spiro atoms. The summed E-state index contributed by atoms with van der Waals surface area (Å²) in [5.74, 6) is 1.09. The second-order valence-electron chi connectivity index (χ2n) is 14.1. The summed E-state index contributed by atoms with van der Waals surface area (Å²) in [5, 5.41) is 2.42. The number of allylic oxidation sites excluding steroid dienone is 4. The highest BCUT2D eigenvalue weighted by Gasteiger charge is 2.18. The van der Waals surface area contributed by atoms with Crippen molar-refractivity contribution in [1.82, 2.24) is 9.97 Å². The van der Waals surface area contributed by atoms with Gasteiger partial charge in [0.2, 0.25) is 0 Å². The lowest BCUT2D eigenvalue weighted by Crippen LogP contribution is -2.01. The lowest BCUT2D eigenvalue weighted by Gasteiger charge is -2.20. The molecule has 0 radical (unpaired) electrons. The van der Waals surface area contributed by atoms with E-state index in [0.29, 0.717) is 5.92 Å². The molecule has 1 aliphatic rings. The van der Waals surface area contributed by atoms with Crippen LogP contribution < -0.4 is 0 Å². The van der Waals surface area contributed by atoms with Crippen molar-refractivity contribution < 1.29 is 0 Å². The molecule has 10 rings (SSSR count). The van der Waals surface area contributed by atoms with Crippen LogP contribution in [0.5, 0.6) is 0 Å². The number of rotatable bonds is 7. The predicted molar refractivity (Wildman–Crippen MR) is 233 cm³/mol. The van der Waals surface area contributed by atoms with Gasteiger partial charge in [-0.25, -0.2) is 9.97 Å². The summed E-state index contributed by atoms with van der Waals surface area (Å²) in [4.78, 5) is 10.4. The number of fused-ring (bicyclic) bond motifs is 3. The van der Waals surface area contributed by atoms with Crippen LogP contribution in [0.2, 0.25) is 0 Å². The van der Waals surface area contributed by atoms with E-state index in [1.165, 1.54) is 59.1 Å². The van der Waals surface area contributed by atoms with Crippen LogP contribution in [0, 0.1) is 0 Å². The quantitative estimate of drug-likeness (QED) is 0.164. The first kappa shape index (κ1) is 32.9. The van der Waals surface area contributed by atoms with Crippen LogP contribution in [0.25, 0.3) is 81.9 Å². The lowest BCUT2D eigenvalue weighted by molar-refractivity contribution is 0.868. The Morgan fingerprint density at radius 1 is 0.455 bits per heavy atom. The third-order valence-electron chi connectivity index (χ3n) is 10.7. The van der Waals surface area contributed by atoms with Gasteiger partial charge in [0.15, 0.2) is 5.82 Å². The molecule has 1 unspecified atom stereocenters. The topological polar surface area (TPSA) is 25.8 Å². The number of benzene rings is 7. The molecular formula is C52H36N2S. The summed E-state index contributed by atoms with van der Waals surface area (Å²) in [6, 6.07) is 65.1. The predicted octanol–water partition coefficient (Wildman–Crippen LogP) is 14.3. The molecule has 1 aliphatic carbocycles. The van der Waals surface area contributed by atoms with E-state index >= 15 is 0 Å². The van der Waals surface area contributed by atoms with Crippen molar-refractivity contribution in [1.29, 1.82) is 0 Å². The van der Waals surface area contributed by atoms with Gasteiger partial charge in [-0.15, -0.1) is 11.3 Å². The molecular weight excluding hydrogens is 685 g/mol. The highest BCUT2D eigenvalue weighted by atomic mass is 32.1. The van der Waals surface area contributed by atoms with Gasteiger partial charge in [-0.05, 0) is 69.6 Å². The first-order chi connectivity index (χ1) is 27.2. The van der Waals surface area contributed by atoms with Gasteiger partial charge in [0.1, 0.15) is 0 Å². The van der Waals surface area contributed by atoms with E-state index < -0.39 is 0 Å². The Bertz CT molecular complexity index is 2810. The fourth-order valence-corrected chi connectivity index (χ4v) is 8.96. The molecule has 0 bridgehead atoms. The van der Waals surface area contributed by atoms with E-state index in [-0.39, 0.29) is 0 Å². The maximum atomic E-state index is 5.20. The van der Waals surface area contributed by atoms with Crippen molar-refractivity contribution in [2.24, 2.45) is 0 Å². The van der Waals surface area contributed by atoms with Gasteiger partial charge in [-0.1, -0.05) is 176 Å². The molecule has 0 saturated heterocycles. The van der Waals surface area contributed by atoms with Gasteiger partial charge in [-0.2, -0.15) is 0 Å². The molecule has 2 nitrogen and oxygen atoms in total. The molecule has 7 aromatic carbocycles. The molecule has 1 atom stereocenters. The van der Waals surface area contributed by atoms with Gasteiger partial charge in [-0.3, -0.25) is 0 Å². The number of thiophene rings is 1. The standard InChI is InChI=1S/C52H36N2S/c1-4-13-35(14-5-1)40-19-10-21-42(31-40)43-22-11-20-41(32-43)36-25-27-37(28-26-36)44-29-30-49-46(33-44)51-45(23-12-24-50(51)55-49)52-53-47(38-15-6-2-7-16-38)34-48(54-52)39-17-8-3-9-18-39/h1-30,32-34,42H,31H2. The molecule has 55 heavy (non-hydrogen) atoms. The zero-order valence-electron chi connectivity index (χ0n) is 30.1. The maximum Gasteiger partial charge on any atom is 0.161 e. The Balaban J connectivity index is 0.992. The van der Waals surface area contributed by atoms with Crippen LogP contribution >= 0.6 is 11.3 Å². The van der Waals surface area contributed by atoms with Gasteiger partial charge >= 0.3 is 0 Å². The van der Waals surface area contributed by atoms with Gasteiger partial charge < -0.3 is 0 Å². The van der Waals surface area contributed by atoms with E-state index in [2.05, 4.69) is 188 Å². The Morgan fingerprint density at radius 3 is 1.71 bits per heavy atom. The smallest absolute Gasteiger partial charge is 0.161 e. The molecule has 0 N–H and O–H groups in total. The molecule has 0 amide bonds. The van der Waals surface area contributed by atoms with Crippen LogP contribution in [0.1, 0.15) is 23.5 Å². The molecule has 0 fully saturated rings. The van der Waals surface area contributed by atoms with E-state index in [4.69, 9.17) is 9.97 Å². The zero-order valence-corrected chi connectivity index (χ0v) is 31.0. The minimum Gasteiger partial charge on any atom is -0.228 e. The van der Waals surface area contributed by atoms with E-state index in [0.717, 1.165) is 40.3 Å². The largest absolute Gasteiger partial charge is 0.228 e. The first-order valence-electron chi connectivity index (χ1n) is 18.8. The van der Waals surface area contributed by atoms with Crippen molar-refractivity contribution >= 4 is 37.1 Å². The number of nitrogens with zero attached hydrogens (tertiary/aromatic N) is 2. The highest BCUT2D eigenvalue weighted by molar-refractivity contribution is 7.26. The van der Waals surface area contributed by atoms with Crippen molar-refractivity contribution in [3.63, 3.8) is 0 Å². The van der Waals surface area contributed by atoms with E-state index in [9.17, 15) is 0 Å². The van der Waals surface area contributed by atoms with Gasteiger partial charge in [0.25, 0.3) is 0 Å². The minimum atomic E-state index is 0.354. The Hall–Kier alpha value is -6.68. The summed E-state index contributed by atoms with van der Waals surface area (Å²) in [6.07, 6.45) is 7.80. The molecule has 260 valence electrons. The molecule has 0 aliphatic heterocycles. The molecule has 3 heteroatoms. The first-order valence-corrected chi connectivity index (χ1v) is 19.6. The van der Waals surface area contributed by atoms with Crippen LogP contribution in [-0.4, -0.2) is 9.97 Å². The third kappa shape index (κ3) is 6.50. The minimum absolute atomic E-state index is 0.354. The average molecular weight is 721 g/mol. The van der Waals surface area contributed by atoms with Gasteiger partial charge in [0.05, 0.1) is 11.4 Å². The normalized spacial score (nSPS) is 14.0. The number of aromatic nitrogens is 2. The molecule has 2 aromatic heterocycles. The third-order valence-corrected chi connectivity index (χ3v) is 11.8. The van der Waals surface area contributed by atoms with Gasteiger partial charge in [0, 0.05) is 42.8 Å². The summed E-state index contributed by atoms with van der Waals surface area (Å²) < 4.78 is 2.48. The fraction of sp³-hybridized carbons (Fsp3) is 0.0385. The van der Waals surface area contributed by atoms with Crippen LogP contribution in [0.4, 0.5) is 0 Å². The zero-order chi connectivity index (χ0) is 36.6. The van der Waals surface area contributed by atoms with E-state index in [1.54, 1.807) is 0 Å². The summed E-state index contributed by atoms with van der Waals surface area (Å²) in [5.41, 5.74) is 13.9. The second-order valence-corrected chi connectivity index (χ2v) is 15.2. The molecule has 9 aromatic rings. The van der Waals surface area contributed by atoms with Crippen LogP contribution in [-0.2, 0) is 0 Å². The average Bonchev–Trinajstić information content (AvgIpc) is 3.66.